The Morgan fingerprint density at radius 2 is 2.06 bits per heavy atom. The largest absolute Gasteiger partial charge is 0.418 e. The van der Waals surface area contributed by atoms with Crippen LogP contribution in [-0.4, -0.2) is 9.78 Å². The van der Waals surface area contributed by atoms with Crippen LogP contribution in [0.15, 0.2) is 23.0 Å². The molecule has 0 unspecified atom stereocenters. The number of hydrogen-bond donors (Lipinski definition) is 1. The van der Waals surface area contributed by atoms with Crippen LogP contribution in [0.25, 0.3) is 10.9 Å². The summed E-state index contributed by atoms with van der Waals surface area (Å²) in [5.41, 5.74) is -1.37. The van der Waals surface area contributed by atoms with Crippen LogP contribution >= 0.6 is 0 Å². The highest BCUT2D eigenvalue weighted by Crippen LogP contribution is 2.33. The molecule has 0 aliphatic heterocycles. The Bertz CT molecular complexity index is 580. The van der Waals surface area contributed by atoms with E-state index >= 15 is 0 Å². The van der Waals surface area contributed by atoms with E-state index in [0.29, 0.717) is 0 Å². The molecule has 1 N–H and O–H groups in total. The number of aromatic amines is 1. The molecular formula is C10H9F3N2O. The van der Waals surface area contributed by atoms with Gasteiger partial charge in [-0.25, -0.2) is 0 Å². The van der Waals surface area contributed by atoms with Gasteiger partial charge in [0.2, 0.25) is 0 Å². The van der Waals surface area contributed by atoms with Crippen LogP contribution in [0.2, 0.25) is 0 Å². The molecule has 0 radical (unpaired) electrons. The predicted molar refractivity (Wildman–Crippen MR) is 53.2 cm³/mol. The van der Waals surface area contributed by atoms with Gasteiger partial charge in [-0.1, -0.05) is 6.07 Å². The van der Waals surface area contributed by atoms with Crippen LogP contribution < -0.4 is 5.56 Å². The van der Waals surface area contributed by atoms with E-state index in [1.165, 1.54) is 16.8 Å². The molecule has 2 rings (SSSR count). The Hall–Kier alpha value is -1.72. The van der Waals surface area contributed by atoms with Crippen molar-refractivity contribution in [3.63, 3.8) is 0 Å². The number of nitrogens with one attached hydrogen (secondary N) is 1. The third-order valence-corrected chi connectivity index (χ3v) is 2.41. The van der Waals surface area contributed by atoms with E-state index in [2.05, 4.69) is 5.10 Å². The summed E-state index contributed by atoms with van der Waals surface area (Å²) in [6.45, 7) is 1.95. The van der Waals surface area contributed by atoms with Gasteiger partial charge < -0.3 is 0 Å². The van der Waals surface area contributed by atoms with E-state index in [4.69, 9.17) is 0 Å². The molecule has 0 saturated carbocycles. The second-order valence-corrected chi connectivity index (χ2v) is 3.38. The summed E-state index contributed by atoms with van der Waals surface area (Å²) in [4.78, 5) is 11.4. The van der Waals surface area contributed by atoms with Gasteiger partial charge in [0.1, 0.15) is 0 Å². The number of H-pyrrole nitrogens is 1. The Balaban J connectivity index is 2.91. The zero-order valence-electron chi connectivity index (χ0n) is 8.43. The first kappa shape index (κ1) is 10.8. The first-order chi connectivity index (χ1) is 7.45. The van der Waals surface area contributed by atoms with Gasteiger partial charge in [-0.15, -0.1) is 0 Å². The number of fused-ring (bicyclic) bond motifs is 1. The van der Waals surface area contributed by atoms with Crippen molar-refractivity contribution in [2.45, 2.75) is 19.6 Å². The van der Waals surface area contributed by atoms with Crippen LogP contribution in [0.1, 0.15) is 12.5 Å². The molecule has 1 heterocycles. The van der Waals surface area contributed by atoms with E-state index in [0.717, 1.165) is 6.07 Å². The molecule has 0 atom stereocenters. The monoisotopic (exact) mass is 230 g/mol. The fraction of sp³-hybridized carbons (Fsp3) is 0.300. The molecule has 0 spiro atoms. The van der Waals surface area contributed by atoms with Crippen molar-refractivity contribution in [2.24, 2.45) is 0 Å². The van der Waals surface area contributed by atoms with Gasteiger partial charge in [-0.2, -0.15) is 13.2 Å². The third kappa shape index (κ3) is 1.50. The Morgan fingerprint density at radius 1 is 1.38 bits per heavy atom. The van der Waals surface area contributed by atoms with Gasteiger partial charge >= 0.3 is 6.18 Å². The highest BCUT2D eigenvalue weighted by Gasteiger charge is 2.34. The van der Waals surface area contributed by atoms with Crippen molar-refractivity contribution >= 4 is 10.9 Å². The van der Waals surface area contributed by atoms with Crippen molar-refractivity contribution < 1.29 is 13.2 Å². The summed E-state index contributed by atoms with van der Waals surface area (Å²) in [5, 5.41) is 2.44. The number of alkyl halides is 3. The SMILES string of the molecule is CCn1[nH]c(=O)c2cccc(C(F)(F)F)c21. The fourth-order valence-corrected chi connectivity index (χ4v) is 1.72. The fourth-order valence-electron chi connectivity index (χ4n) is 1.72. The summed E-state index contributed by atoms with van der Waals surface area (Å²) < 4.78 is 39.4. The molecule has 16 heavy (non-hydrogen) atoms. The second-order valence-electron chi connectivity index (χ2n) is 3.38. The normalized spacial score (nSPS) is 12.2. The molecule has 0 saturated heterocycles. The minimum Gasteiger partial charge on any atom is -0.284 e. The molecule has 0 amide bonds. The lowest BCUT2D eigenvalue weighted by atomic mass is 10.1. The van der Waals surface area contributed by atoms with E-state index in [9.17, 15) is 18.0 Å². The maximum absolute atomic E-state index is 12.7. The molecular weight excluding hydrogens is 221 g/mol. The number of aryl methyl sites for hydroxylation is 1. The van der Waals surface area contributed by atoms with Gasteiger partial charge in [-0.3, -0.25) is 14.6 Å². The van der Waals surface area contributed by atoms with Crippen molar-refractivity contribution in [3.8, 4) is 0 Å². The van der Waals surface area contributed by atoms with Crippen LogP contribution in [0.5, 0.6) is 0 Å². The molecule has 6 heteroatoms. The van der Waals surface area contributed by atoms with E-state index in [1.54, 1.807) is 6.92 Å². The lowest BCUT2D eigenvalue weighted by Crippen LogP contribution is -2.09. The molecule has 86 valence electrons. The smallest absolute Gasteiger partial charge is 0.284 e. The Labute approximate surface area is 88.5 Å². The first-order valence-electron chi connectivity index (χ1n) is 4.74. The summed E-state index contributed by atoms with van der Waals surface area (Å²) in [5.74, 6) is 0. The highest BCUT2D eigenvalue weighted by molar-refractivity contribution is 5.82. The number of rotatable bonds is 1. The molecule has 1 aromatic heterocycles. The summed E-state index contributed by atoms with van der Waals surface area (Å²) >= 11 is 0. The molecule has 1 aromatic carbocycles. The zero-order valence-corrected chi connectivity index (χ0v) is 8.43. The van der Waals surface area contributed by atoms with Crippen molar-refractivity contribution in [3.05, 3.63) is 34.1 Å². The van der Waals surface area contributed by atoms with Crippen molar-refractivity contribution in [1.29, 1.82) is 0 Å². The van der Waals surface area contributed by atoms with Gasteiger partial charge in [0, 0.05) is 6.54 Å². The molecule has 3 nitrogen and oxygen atoms in total. The molecule has 2 aromatic rings. The number of benzene rings is 1. The topological polar surface area (TPSA) is 37.8 Å². The standard InChI is InChI=1S/C10H9F3N2O/c1-2-15-8-6(9(16)14-15)4-3-5-7(8)10(11,12)13/h3-5H,2H2,1H3,(H,14,16). The van der Waals surface area contributed by atoms with Crippen LogP contribution in [0.3, 0.4) is 0 Å². The van der Waals surface area contributed by atoms with Crippen LogP contribution in [0.4, 0.5) is 13.2 Å². The van der Waals surface area contributed by atoms with Gasteiger partial charge in [0.25, 0.3) is 5.56 Å². The summed E-state index contributed by atoms with van der Waals surface area (Å²) in [7, 11) is 0. The number of hydrogen-bond acceptors (Lipinski definition) is 1. The van der Waals surface area contributed by atoms with Gasteiger partial charge in [0.15, 0.2) is 0 Å². The highest BCUT2D eigenvalue weighted by atomic mass is 19.4. The maximum Gasteiger partial charge on any atom is 0.418 e. The van der Waals surface area contributed by atoms with E-state index in [-0.39, 0.29) is 17.4 Å². The average molecular weight is 230 g/mol. The summed E-state index contributed by atoms with van der Waals surface area (Å²) in [6, 6.07) is 3.59. The Morgan fingerprint density at radius 3 is 2.62 bits per heavy atom. The molecule has 0 aliphatic carbocycles. The predicted octanol–water partition coefficient (Wildman–Crippen LogP) is 2.37. The quantitative estimate of drug-likeness (QED) is 0.802. The lowest BCUT2D eigenvalue weighted by Gasteiger charge is -2.09. The number of para-hydroxylation sites is 1. The number of nitrogens with zero attached hydrogens (tertiary/aromatic N) is 1. The maximum atomic E-state index is 12.7. The second kappa shape index (κ2) is 3.40. The number of aromatic nitrogens is 2. The molecule has 0 fully saturated rings. The minimum absolute atomic E-state index is 0.0664. The first-order valence-corrected chi connectivity index (χ1v) is 4.74. The van der Waals surface area contributed by atoms with Gasteiger partial charge in [0.05, 0.1) is 16.5 Å². The van der Waals surface area contributed by atoms with Crippen LogP contribution in [0, 0.1) is 0 Å². The zero-order chi connectivity index (χ0) is 11.9. The molecule has 0 aliphatic rings. The average Bonchev–Trinajstić information content (AvgIpc) is 2.54. The minimum atomic E-state index is -4.45. The Kier molecular flexibility index (Phi) is 2.29. The van der Waals surface area contributed by atoms with Crippen molar-refractivity contribution in [2.75, 3.05) is 0 Å². The summed E-state index contributed by atoms with van der Waals surface area (Å²) in [6.07, 6.45) is -4.45. The van der Waals surface area contributed by atoms with E-state index < -0.39 is 17.3 Å². The third-order valence-electron chi connectivity index (χ3n) is 2.41. The van der Waals surface area contributed by atoms with E-state index in [1.807, 2.05) is 0 Å². The molecule has 0 bridgehead atoms. The number of halogens is 3. The van der Waals surface area contributed by atoms with Crippen LogP contribution in [-0.2, 0) is 12.7 Å². The van der Waals surface area contributed by atoms with Gasteiger partial charge in [-0.05, 0) is 19.1 Å². The lowest BCUT2D eigenvalue weighted by molar-refractivity contribution is -0.136. The van der Waals surface area contributed by atoms with Crippen molar-refractivity contribution in [1.82, 2.24) is 9.78 Å².